The predicted octanol–water partition coefficient (Wildman–Crippen LogP) is 2.16. The monoisotopic (exact) mass is 364 g/mol. The van der Waals surface area contributed by atoms with Crippen molar-refractivity contribution in [2.24, 2.45) is 0 Å². The fourth-order valence-electron chi connectivity index (χ4n) is 2.68. The smallest absolute Gasteiger partial charge is 0.251 e. The van der Waals surface area contributed by atoms with Gasteiger partial charge in [-0.25, -0.2) is 4.98 Å². The van der Waals surface area contributed by atoms with Gasteiger partial charge in [-0.05, 0) is 42.3 Å². The van der Waals surface area contributed by atoms with Crippen molar-refractivity contribution in [3.63, 3.8) is 0 Å². The Balaban J connectivity index is 1.70. The van der Waals surface area contributed by atoms with Crippen molar-refractivity contribution in [3.8, 4) is 16.9 Å². The minimum Gasteiger partial charge on any atom is -0.506 e. The van der Waals surface area contributed by atoms with Gasteiger partial charge in [-0.1, -0.05) is 12.1 Å². The summed E-state index contributed by atoms with van der Waals surface area (Å²) in [6.45, 7) is 1.47. The number of nitrogen functional groups attached to an aromatic ring is 1. The number of nitrogens with zero attached hydrogens (tertiary/aromatic N) is 2. The van der Waals surface area contributed by atoms with Crippen LogP contribution >= 0.6 is 0 Å². The lowest BCUT2D eigenvalue weighted by atomic mass is 10.0. The molecule has 7 nitrogen and oxygen atoms in total. The summed E-state index contributed by atoms with van der Waals surface area (Å²) in [6.07, 6.45) is 3.22. The number of aliphatic hydroxyl groups is 1. The van der Waals surface area contributed by atoms with E-state index in [9.17, 15) is 15.0 Å². The van der Waals surface area contributed by atoms with Crippen LogP contribution in [-0.4, -0.2) is 26.1 Å². The first kappa shape index (κ1) is 18.3. The molecule has 0 unspecified atom stereocenters. The average Bonchev–Trinajstić information content (AvgIpc) is 2.69. The van der Waals surface area contributed by atoms with E-state index in [1.165, 1.54) is 6.20 Å². The minimum atomic E-state index is -0.329. The standard InChI is InChI=1S/C20H20N4O3/c1-12-19(26)17(11-25)16(9-22-12)10-24-20(27)14-4-2-13(3-5-14)15-6-7-18(21)23-8-15/h2-9,25-26H,10-11H2,1H3,(H2,21,23)(H,24,27). The summed E-state index contributed by atoms with van der Waals surface area (Å²) in [5, 5.41) is 22.2. The third kappa shape index (κ3) is 4.04. The van der Waals surface area contributed by atoms with Crippen LogP contribution in [0.4, 0.5) is 5.82 Å². The molecule has 0 aliphatic rings. The molecular weight excluding hydrogens is 344 g/mol. The molecule has 0 spiro atoms. The normalized spacial score (nSPS) is 10.6. The van der Waals surface area contributed by atoms with Gasteiger partial charge < -0.3 is 21.3 Å². The number of aryl methyl sites for hydroxylation is 1. The van der Waals surface area contributed by atoms with Gasteiger partial charge in [0.1, 0.15) is 11.6 Å². The van der Waals surface area contributed by atoms with Crippen LogP contribution in [0.2, 0.25) is 0 Å². The number of aliphatic hydroxyl groups excluding tert-OH is 1. The number of rotatable bonds is 5. The Morgan fingerprint density at radius 3 is 2.41 bits per heavy atom. The number of aromatic nitrogens is 2. The van der Waals surface area contributed by atoms with Gasteiger partial charge in [0, 0.05) is 35.6 Å². The summed E-state index contributed by atoms with van der Waals surface area (Å²) in [5.74, 6) is 0.139. The lowest BCUT2D eigenvalue weighted by molar-refractivity contribution is 0.0950. The quantitative estimate of drug-likeness (QED) is 0.550. The molecule has 2 heterocycles. The second kappa shape index (κ2) is 7.84. The Morgan fingerprint density at radius 1 is 1.07 bits per heavy atom. The maximum atomic E-state index is 12.4. The van der Waals surface area contributed by atoms with Crippen molar-refractivity contribution < 1.29 is 15.0 Å². The third-order valence-electron chi connectivity index (χ3n) is 4.29. The molecule has 1 amide bonds. The van der Waals surface area contributed by atoms with Crippen LogP contribution in [0.25, 0.3) is 11.1 Å². The molecule has 5 N–H and O–H groups in total. The van der Waals surface area contributed by atoms with Crippen molar-refractivity contribution >= 4 is 11.7 Å². The summed E-state index contributed by atoms with van der Waals surface area (Å²) in [6, 6.07) is 10.7. The van der Waals surface area contributed by atoms with Crippen LogP contribution in [0.1, 0.15) is 27.2 Å². The Labute approximate surface area is 156 Å². The molecule has 2 aromatic heterocycles. The van der Waals surface area contributed by atoms with E-state index in [1.54, 1.807) is 31.3 Å². The lowest BCUT2D eigenvalue weighted by Gasteiger charge is -2.12. The SMILES string of the molecule is Cc1ncc(CNC(=O)c2ccc(-c3ccc(N)nc3)cc2)c(CO)c1O. The summed E-state index contributed by atoms with van der Waals surface area (Å²) >= 11 is 0. The molecule has 138 valence electrons. The first-order valence-electron chi connectivity index (χ1n) is 8.37. The maximum Gasteiger partial charge on any atom is 0.251 e. The molecule has 0 aliphatic heterocycles. The topological polar surface area (TPSA) is 121 Å². The summed E-state index contributed by atoms with van der Waals surface area (Å²) in [7, 11) is 0. The Kier molecular flexibility index (Phi) is 5.33. The van der Waals surface area contributed by atoms with E-state index in [2.05, 4.69) is 15.3 Å². The molecule has 0 saturated carbocycles. The lowest BCUT2D eigenvalue weighted by Crippen LogP contribution is -2.23. The van der Waals surface area contributed by atoms with Crippen molar-refractivity contribution in [1.29, 1.82) is 0 Å². The highest BCUT2D eigenvalue weighted by atomic mass is 16.3. The number of pyridine rings is 2. The van der Waals surface area contributed by atoms with E-state index in [0.29, 0.717) is 28.2 Å². The largest absolute Gasteiger partial charge is 0.506 e. The minimum absolute atomic E-state index is 0.0503. The first-order chi connectivity index (χ1) is 13.0. The Bertz CT molecular complexity index is 954. The summed E-state index contributed by atoms with van der Waals surface area (Å²) in [4.78, 5) is 20.5. The number of hydrogen-bond acceptors (Lipinski definition) is 6. The molecule has 0 radical (unpaired) electrons. The van der Waals surface area contributed by atoms with Crippen LogP contribution in [-0.2, 0) is 13.2 Å². The van der Waals surface area contributed by atoms with E-state index in [4.69, 9.17) is 5.73 Å². The number of anilines is 1. The van der Waals surface area contributed by atoms with Crippen molar-refractivity contribution in [1.82, 2.24) is 15.3 Å². The average molecular weight is 364 g/mol. The number of carbonyl (C=O) groups excluding carboxylic acids is 1. The zero-order valence-electron chi connectivity index (χ0n) is 14.8. The number of hydrogen-bond donors (Lipinski definition) is 4. The highest BCUT2D eigenvalue weighted by molar-refractivity contribution is 5.94. The molecule has 0 fully saturated rings. The molecule has 1 aromatic carbocycles. The Morgan fingerprint density at radius 2 is 1.78 bits per heavy atom. The van der Waals surface area contributed by atoms with E-state index in [1.807, 2.05) is 18.2 Å². The second-order valence-electron chi connectivity index (χ2n) is 6.09. The van der Waals surface area contributed by atoms with Crippen LogP contribution in [0.3, 0.4) is 0 Å². The highest BCUT2D eigenvalue weighted by Gasteiger charge is 2.12. The maximum absolute atomic E-state index is 12.4. The van der Waals surface area contributed by atoms with Crippen LogP contribution in [0.15, 0.2) is 48.8 Å². The highest BCUT2D eigenvalue weighted by Crippen LogP contribution is 2.24. The van der Waals surface area contributed by atoms with Gasteiger partial charge in [-0.3, -0.25) is 9.78 Å². The van der Waals surface area contributed by atoms with E-state index in [-0.39, 0.29) is 24.8 Å². The van der Waals surface area contributed by atoms with Gasteiger partial charge in [0.05, 0.1) is 12.3 Å². The van der Waals surface area contributed by atoms with E-state index < -0.39 is 0 Å². The molecule has 0 saturated heterocycles. The molecule has 27 heavy (non-hydrogen) atoms. The number of benzene rings is 1. The van der Waals surface area contributed by atoms with Crippen molar-refractivity contribution in [3.05, 3.63) is 71.2 Å². The molecular formula is C20H20N4O3. The zero-order valence-corrected chi connectivity index (χ0v) is 14.8. The zero-order chi connectivity index (χ0) is 19.4. The molecule has 3 aromatic rings. The molecule has 0 atom stereocenters. The summed E-state index contributed by atoms with van der Waals surface area (Å²) in [5.41, 5.74) is 9.29. The van der Waals surface area contributed by atoms with E-state index >= 15 is 0 Å². The second-order valence-corrected chi connectivity index (χ2v) is 6.09. The van der Waals surface area contributed by atoms with Crippen LogP contribution in [0.5, 0.6) is 5.75 Å². The molecule has 0 aliphatic carbocycles. The van der Waals surface area contributed by atoms with Crippen molar-refractivity contribution in [2.75, 3.05) is 5.73 Å². The van der Waals surface area contributed by atoms with Gasteiger partial charge in [0.15, 0.2) is 0 Å². The van der Waals surface area contributed by atoms with Crippen LogP contribution < -0.4 is 11.1 Å². The van der Waals surface area contributed by atoms with Crippen LogP contribution in [0, 0.1) is 6.92 Å². The van der Waals surface area contributed by atoms with Gasteiger partial charge >= 0.3 is 0 Å². The number of nitrogens with one attached hydrogen (secondary N) is 1. The fourth-order valence-corrected chi connectivity index (χ4v) is 2.68. The molecule has 7 heteroatoms. The fraction of sp³-hybridized carbons (Fsp3) is 0.150. The predicted molar refractivity (Wildman–Crippen MR) is 102 cm³/mol. The third-order valence-corrected chi connectivity index (χ3v) is 4.29. The number of carbonyl (C=O) groups is 1. The van der Waals surface area contributed by atoms with Crippen molar-refractivity contribution in [2.45, 2.75) is 20.1 Å². The van der Waals surface area contributed by atoms with Gasteiger partial charge in [-0.2, -0.15) is 0 Å². The Hall–Kier alpha value is -3.45. The van der Waals surface area contributed by atoms with Gasteiger partial charge in [-0.15, -0.1) is 0 Å². The number of aromatic hydroxyl groups is 1. The van der Waals surface area contributed by atoms with E-state index in [0.717, 1.165) is 11.1 Å². The first-order valence-corrected chi connectivity index (χ1v) is 8.37. The number of nitrogens with two attached hydrogens (primary N) is 1. The number of amides is 1. The molecule has 0 bridgehead atoms. The van der Waals surface area contributed by atoms with Gasteiger partial charge in [0.2, 0.25) is 0 Å². The summed E-state index contributed by atoms with van der Waals surface area (Å²) < 4.78 is 0. The van der Waals surface area contributed by atoms with Gasteiger partial charge in [0.25, 0.3) is 5.91 Å². The molecule has 3 rings (SSSR count).